The van der Waals surface area contributed by atoms with Gasteiger partial charge in [0.2, 0.25) is 5.75 Å². The lowest BCUT2D eigenvalue weighted by Crippen LogP contribution is -2.27. The van der Waals surface area contributed by atoms with E-state index in [0.717, 1.165) is 41.9 Å². The maximum absolute atomic E-state index is 12.7. The minimum atomic E-state index is -0.318. The van der Waals surface area contributed by atoms with Gasteiger partial charge in [0.05, 0.1) is 28.4 Å². The van der Waals surface area contributed by atoms with E-state index in [2.05, 4.69) is 29.2 Å². The fraction of sp³-hybridized carbons (Fsp3) is 0.344. The SMILES string of the molecule is COc1ccc(/C=C\c2cc(OC)c(OC)c(OC)c2)cc1OC(=O)CCCc1ccc(N(CCCl)CCCl)cc1. The van der Waals surface area contributed by atoms with Crippen molar-refractivity contribution in [2.24, 2.45) is 0 Å². The van der Waals surface area contributed by atoms with Crippen LogP contribution >= 0.6 is 23.2 Å². The third-order valence-corrected chi connectivity index (χ3v) is 6.76. The monoisotopic (exact) mass is 601 g/mol. The van der Waals surface area contributed by atoms with Crippen molar-refractivity contribution >= 4 is 47.0 Å². The first-order valence-corrected chi connectivity index (χ1v) is 14.4. The molecule has 0 unspecified atom stereocenters. The molecular weight excluding hydrogens is 565 g/mol. The molecule has 0 atom stereocenters. The lowest BCUT2D eigenvalue weighted by atomic mass is 10.1. The number of hydrogen-bond acceptors (Lipinski definition) is 7. The molecule has 41 heavy (non-hydrogen) atoms. The van der Waals surface area contributed by atoms with E-state index in [9.17, 15) is 4.79 Å². The van der Waals surface area contributed by atoms with Crippen LogP contribution in [0.15, 0.2) is 54.6 Å². The number of halogens is 2. The van der Waals surface area contributed by atoms with Gasteiger partial charge in [-0.3, -0.25) is 4.79 Å². The molecule has 0 radical (unpaired) electrons. The number of methoxy groups -OCH3 is 4. The van der Waals surface area contributed by atoms with E-state index in [1.54, 1.807) is 40.6 Å². The van der Waals surface area contributed by atoms with Crippen molar-refractivity contribution in [1.82, 2.24) is 0 Å². The molecule has 0 N–H and O–H groups in total. The molecule has 0 aliphatic carbocycles. The molecule has 0 saturated heterocycles. The molecule has 0 heterocycles. The first-order chi connectivity index (χ1) is 20.0. The molecule has 0 amide bonds. The number of nitrogens with zero attached hydrogens (tertiary/aromatic N) is 1. The molecule has 3 rings (SSSR count). The van der Waals surface area contributed by atoms with Crippen LogP contribution in [0.5, 0.6) is 28.7 Å². The number of alkyl halides is 2. The van der Waals surface area contributed by atoms with Gasteiger partial charge < -0.3 is 28.6 Å². The Labute approximate surface area is 252 Å². The van der Waals surface area contributed by atoms with Gasteiger partial charge in [0.25, 0.3) is 0 Å². The molecule has 220 valence electrons. The molecule has 0 fully saturated rings. The Kier molecular flexibility index (Phi) is 13.0. The van der Waals surface area contributed by atoms with E-state index in [1.807, 2.05) is 30.4 Å². The van der Waals surface area contributed by atoms with Gasteiger partial charge in [-0.2, -0.15) is 0 Å². The normalized spacial score (nSPS) is 10.9. The largest absolute Gasteiger partial charge is 0.493 e. The number of carbonyl (C=O) groups is 1. The van der Waals surface area contributed by atoms with Gasteiger partial charge in [-0.15, -0.1) is 23.2 Å². The lowest BCUT2D eigenvalue weighted by Gasteiger charge is -2.23. The maximum Gasteiger partial charge on any atom is 0.311 e. The zero-order valence-corrected chi connectivity index (χ0v) is 25.5. The summed E-state index contributed by atoms with van der Waals surface area (Å²) in [7, 11) is 6.26. The van der Waals surface area contributed by atoms with Crippen LogP contribution in [0.25, 0.3) is 12.2 Å². The second-order valence-corrected chi connectivity index (χ2v) is 9.82. The summed E-state index contributed by atoms with van der Waals surface area (Å²) in [5, 5.41) is 0. The molecule has 0 aliphatic rings. The van der Waals surface area contributed by atoms with Gasteiger partial charge in [0, 0.05) is 37.0 Å². The van der Waals surface area contributed by atoms with E-state index in [0.29, 0.717) is 46.9 Å². The van der Waals surface area contributed by atoms with Crippen molar-refractivity contribution in [3.05, 3.63) is 71.3 Å². The van der Waals surface area contributed by atoms with Gasteiger partial charge in [-0.25, -0.2) is 0 Å². The second kappa shape index (κ2) is 16.7. The average Bonchev–Trinajstić information content (AvgIpc) is 2.99. The summed E-state index contributed by atoms with van der Waals surface area (Å²) in [6.45, 7) is 1.48. The quantitative estimate of drug-likeness (QED) is 0.0750. The lowest BCUT2D eigenvalue weighted by molar-refractivity contribution is -0.134. The number of ether oxygens (including phenoxy) is 5. The standard InChI is InChI=1S/C32H37Cl2NO6/c1-37-27-15-12-24(8-9-25-21-29(38-2)32(40-4)30(22-25)39-3)20-28(27)41-31(36)7-5-6-23-10-13-26(14-11-23)35(18-16-33)19-17-34/h8-15,20-22H,5-7,16-19H2,1-4H3/b9-8-. The van der Waals surface area contributed by atoms with Crippen molar-refractivity contribution in [2.75, 3.05) is 58.2 Å². The Morgan fingerprint density at radius 1 is 0.732 bits per heavy atom. The molecule has 0 aromatic heterocycles. The minimum Gasteiger partial charge on any atom is -0.493 e. The predicted octanol–water partition coefficient (Wildman–Crippen LogP) is 7.10. The molecule has 0 bridgehead atoms. The Balaban J connectivity index is 1.62. The van der Waals surface area contributed by atoms with Crippen molar-refractivity contribution in [1.29, 1.82) is 0 Å². The Bertz CT molecular complexity index is 1260. The summed E-state index contributed by atoms with van der Waals surface area (Å²) < 4.78 is 27.4. The van der Waals surface area contributed by atoms with Gasteiger partial charge in [-0.1, -0.05) is 30.4 Å². The van der Waals surface area contributed by atoms with Gasteiger partial charge in [0.15, 0.2) is 23.0 Å². The summed E-state index contributed by atoms with van der Waals surface area (Å²) in [5.74, 6) is 3.26. The molecule has 9 heteroatoms. The Hall–Kier alpha value is -3.55. The average molecular weight is 603 g/mol. The van der Waals surface area contributed by atoms with Crippen LogP contribution in [0.4, 0.5) is 5.69 Å². The number of hydrogen-bond donors (Lipinski definition) is 0. The van der Waals surface area contributed by atoms with Crippen LogP contribution in [0.2, 0.25) is 0 Å². The zero-order chi connectivity index (χ0) is 29.6. The van der Waals surface area contributed by atoms with Crippen molar-refractivity contribution < 1.29 is 28.5 Å². The van der Waals surface area contributed by atoms with Crippen molar-refractivity contribution in [3.8, 4) is 28.7 Å². The zero-order valence-electron chi connectivity index (χ0n) is 24.0. The highest BCUT2D eigenvalue weighted by Crippen LogP contribution is 2.39. The molecule has 7 nitrogen and oxygen atoms in total. The number of carbonyl (C=O) groups excluding carboxylic acids is 1. The molecule has 3 aromatic carbocycles. The minimum absolute atomic E-state index is 0.279. The summed E-state index contributed by atoms with van der Waals surface area (Å²) in [6.07, 6.45) is 5.51. The van der Waals surface area contributed by atoms with Crippen LogP contribution in [-0.2, 0) is 11.2 Å². The highest BCUT2D eigenvalue weighted by Gasteiger charge is 2.13. The van der Waals surface area contributed by atoms with E-state index < -0.39 is 0 Å². The van der Waals surface area contributed by atoms with Gasteiger partial charge >= 0.3 is 5.97 Å². The second-order valence-electron chi connectivity index (χ2n) is 9.06. The Morgan fingerprint density at radius 2 is 1.32 bits per heavy atom. The number of anilines is 1. The van der Waals surface area contributed by atoms with E-state index in [1.165, 1.54) is 0 Å². The van der Waals surface area contributed by atoms with Crippen LogP contribution in [0.3, 0.4) is 0 Å². The Morgan fingerprint density at radius 3 is 1.88 bits per heavy atom. The van der Waals surface area contributed by atoms with Gasteiger partial charge in [0.1, 0.15) is 0 Å². The number of rotatable bonds is 16. The summed E-state index contributed by atoms with van der Waals surface area (Å²) in [4.78, 5) is 14.8. The van der Waals surface area contributed by atoms with Crippen LogP contribution in [0, 0.1) is 0 Å². The van der Waals surface area contributed by atoms with Crippen molar-refractivity contribution in [2.45, 2.75) is 19.3 Å². The highest BCUT2D eigenvalue weighted by molar-refractivity contribution is 6.18. The van der Waals surface area contributed by atoms with E-state index in [-0.39, 0.29) is 12.4 Å². The molecule has 3 aromatic rings. The van der Waals surface area contributed by atoms with Crippen LogP contribution in [-0.4, -0.2) is 59.3 Å². The third kappa shape index (κ3) is 9.23. The first-order valence-electron chi connectivity index (χ1n) is 13.3. The van der Waals surface area contributed by atoms with Crippen LogP contribution < -0.4 is 28.6 Å². The smallest absolute Gasteiger partial charge is 0.311 e. The maximum atomic E-state index is 12.7. The highest BCUT2D eigenvalue weighted by atomic mass is 35.5. The molecule has 0 spiro atoms. The fourth-order valence-corrected chi connectivity index (χ4v) is 4.73. The number of esters is 1. The topological polar surface area (TPSA) is 66.5 Å². The third-order valence-electron chi connectivity index (χ3n) is 6.42. The summed E-state index contributed by atoms with van der Waals surface area (Å²) in [5.41, 5.74) is 3.92. The first kappa shape index (κ1) is 32.0. The molecule has 0 saturated carbocycles. The number of benzene rings is 3. The molecular formula is C32H37Cl2NO6. The van der Waals surface area contributed by atoms with Gasteiger partial charge in [-0.05, 0) is 65.9 Å². The van der Waals surface area contributed by atoms with Crippen molar-refractivity contribution in [3.63, 3.8) is 0 Å². The fourth-order valence-electron chi connectivity index (χ4n) is 4.32. The van der Waals surface area contributed by atoms with E-state index in [4.69, 9.17) is 46.9 Å². The summed E-state index contributed by atoms with van der Waals surface area (Å²) >= 11 is 11.8. The predicted molar refractivity (Wildman–Crippen MR) is 167 cm³/mol. The summed E-state index contributed by atoms with van der Waals surface area (Å²) in [6, 6.07) is 17.4. The van der Waals surface area contributed by atoms with Crippen LogP contribution in [0.1, 0.15) is 29.5 Å². The van der Waals surface area contributed by atoms with E-state index >= 15 is 0 Å². The molecule has 0 aliphatic heterocycles. The number of aryl methyl sites for hydroxylation is 1.